The minimum atomic E-state index is -3.91. The van der Waals surface area contributed by atoms with Crippen LogP contribution in [0.2, 0.25) is 0 Å². The number of aryl methyl sites for hydroxylation is 1. The molecule has 1 aromatic heterocycles. The van der Waals surface area contributed by atoms with Crippen molar-refractivity contribution in [2.45, 2.75) is 24.7 Å². The lowest BCUT2D eigenvalue weighted by atomic mass is 10.1. The Balaban J connectivity index is 1.88. The van der Waals surface area contributed by atoms with Gasteiger partial charge in [-0.05, 0) is 48.7 Å². The average Bonchev–Trinajstić information content (AvgIpc) is 2.77. The lowest BCUT2D eigenvalue weighted by Crippen LogP contribution is -2.30. The summed E-state index contributed by atoms with van der Waals surface area (Å²) >= 11 is 0. The van der Waals surface area contributed by atoms with Gasteiger partial charge in [0.2, 0.25) is 5.43 Å². The van der Waals surface area contributed by atoms with Crippen molar-refractivity contribution >= 4 is 32.5 Å². The Labute approximate surface area is 180 Å². The van der Waals surface area contributed by atoms with Crippen LogP contribution in [-0.4, -0.2) is 39.6 Å². The van der Waals surface area contributed by atoms with Gasteiger partial charge in [-0.15, -0.1) is 0 Å². The van der Waals surface area contributed by atoms with Crippen LogP contribution in [-0.2, 0) is 21.2 Å². The fourth-order valence-electron chi connectivity index (χ4n) is 3.07. The minimum absolute atomic E-state index is 0.0669. The molecule has 1 heterocycles. The first-order chi connectivity index (χ1) is 14.9. The van der Waals surface area contributed by atoms with E-state index in [0.717, 1.165) is 12.0 Å². The number of nitrogens with one attached hydrogen (secondary N) is 3. The molecule has 0 fully saturated rings. The highest BCUT2D eigenvalue weighted by atomic mass is 32.2. The standard InChI is InChI=1S/C22H25N3O5S/c1-3-15-5-7-16(8-6-15)25-31(28,29)17-9-10-20-18(13-17)21(26)19(14-24-20)22(27)23-11-4-12-30-2/h5-10,13-14,25H,3-4,11-12H2,1-2H3,(H,23,27)(H,24,26). The van der Waals surface area contributed by atoms with Crippen molar-refractivity contribution in [2.75, 3.05) is 25.0 Å². The molecule has 0 saturated heterocycles. The number of aromatic amines is 1. The molecular formula is C22H25N3O5S. The molecule has 3 rings (SSSR count). The first-order valence-corrected chi connectivity index (χ1v) is 11.4. The summed E-state index contributed by atoms with van der Waals surface area (Å²) in [7, 11) is -2.35. The molecule has 0 bridgehead atoms. The third-order valence-electron chi connectivity index (χ3n) is 4.83. The quantitative estimate of drug-likeness (QED) is 0.440. The Hall–Kier alpha value is -3.17. The summed E-state index contributed by atoms with van der Waals surface area (Å²) in [5.74, 6) is -0.526. The molecule has 8 nitrogen and oxygen atoms in total. The number of benzene rings is 2. The maximum Gasteiger partial charge on any atom is 0.261 e. The fourth-order valence-corrected chi connectivity index (χ4v) is 4.15. The number of hydrogen-bond acceptors (Lipinski definition) is 5. The minimum Gasteiger partial charge on any atom is -0.385 e. The van der Waals surface area contributed by atoms with Crippen LogP contribution in [0.15, 0.2) is 58.4 Å². The predicted molar refractivity (Wildman–Crippen MR) is 120 cm³/mol. The molecule has 9 heteroatoms. The largest absolute Gasteiger partial charge is 0.385 e. The second-order valence-electron chi connectivity index (χ2n) is 7.00. The van der Waals surface area contributed by atoms with Gasteiger partial charge in [0.05, 0.1) is 4.90 Å². The molecule has 31 heavy (non-hydrogen) atoms. The van der Waals surface area contributed by atoms with Gasteiger partial charge in [-0.2, -0.15) is 0 Å². The Morgan fingerprint density at radius 2 is 1.87 bits per heavy atom. The monoisotopic (exact) mass is 443 g/mol. The number of hydrogen-bond donors (Lipinski definition) is 3. The molecule has 0 radical (unpaired) electrons. The Morgan fingerprint density at radius 1 is 1.13 bits per heavy atom. The van der Waals surface area contributed by atoms with Crippen molar-refractivity contribution in [1.29, 1.82) is 0 Å². The first kappa shape index (κ1) is 22.5. The van der Waals surface area contributed by atoms with Gasteiger partial charge in [-0.25, -0.2) is 8.42 Å². The number of ether oxygens (including phenoxy) is 1. The highest BCUT2D eigenvalue weighted by Crippen LogP contribution is 2.20. The maximum atomic E-state index is 12.8. The number of methoxy groups -OCH3 is 1. The SMILES string of the molecule is CCc1ccc(NS(=O)(=O)c2ccc3[nH]cc(C(=O)NCCCOC)c(=O)c3c2)cc1. The van der Waals surface area contributed by atoms with Crippen molar-refractivity contribution in [2.24, 2.45) is 0 Å². The number of anilines is 1. The van der Waals surface area contributed by atoms with Crippen LogP contribution in [0.1, 0.15) is 29.3 Å². The summed E-state index contributed by atoms with van der Waals surface area (Å²) in [5.41, 5.74) is 1.33. The van der Waals surface area contributed by atoms with E-state index >= 15 is 0 Å². The van der Waals surface area contributed by atoms with Crippen molar-refractivity contribution in [1.82, 2.24) is 10.3 Å². The van der Waals surface area contributed by atoms with Gasteiger partial charge in [0, 0.05) is 43.0 Å². The predicted octanol–water partition coefficient (Wildman–Crippen LogP) is 2.66. The highest BCUT2D eigenvalue weighted by Gasteiger charge is 2.18. The smallest absolute Gasteiger partial charge is 0.261 e. The van der Waals surface area contributed by atoms with E-state index in [4.69, 9.17) is 4.74 Å². The summed E-state index contributed by atoms with van der Waals surface area (Å²) < 4.78 is 33.1. The number of H-pyrrole nitrogens is 1. The lowest BCUT2D eigenvalue weighted by Gasteiger charge is -2.10. The molecule has 0 atom stereocenters. The number of sulfonamides is 1. The van der Waals surface area contributed by atoms with Gasteiger partial charge in [0.15, 0.2) is 0 Å². The highest BCUT2D eigenvalue weighted by molar-refractivity contribution is 7.92. The Morgan fingerprint density at radius 3 is 2.55 bits per heavy atom. The second kappa shape index (κ2) is 9.76. The third kappa shape index (κ3) is 5.31. The third-order valence-corrected chi connectivity index (χ3v) is 6.21. The van der Waals surface area contributed by atoms with Crippen LogP contribution in [0.3, 0.4) is 0 Å². The summed E-state index contributed by atoms with van der Waals surface area (Å²) in [5, 5.41) is 2.78. The average molecular weight is 444 g/mol. The van der Waals surface area contributed by atoms with Gasteiger partial charge in [0.1, 0.15) is 5.56 Å². The van der Waals surface area contributed by atoms with E-state index in [2.05, 4.69) is 15.0 Å². The van der Waals surface area contributed by atoms with E-state index in [1.165, 1.54) is 24.4 Å². The van der Waals surface area contributed by atoms with Gasteiger partial charge in [-0.1, -0.05) is 19.1 Å². The number of rotatable bonds is 9. The molecule has 0 aliphatic heterocycles. The Kier molecular flexibility index (Phi) is 7.09. The van der Waals surface area contributed by atoms with E-state index in [-0.39, 0.29) is 15.8 Å². The fraction of sp³-hybridized carbons (Fsp3) is 0.273. The van der Waals surface area contributed by atoms with Gasteiger partial charge >= 0.3 is 0 Å². The van der Waals surface area contributed by atoms with Crippen molar-refractivity contribution < 1.29 is 17.9 Å². The van der Waals surface area contributed by atoms with E-state index in [0.29, 0.717) is 30.8 Å². The number of carbonyl (C=O) groups excluding carboxylic acids is 1. The molecule has 0 aliphatic rings. The van der Waals surface area contributed by atoms with E-state index in [1.807, 2.05) is 19.1 Å². The summed E-state index contributed by atoms with van der Waals surface area (Å²) in [4.78, 5) is 28.0. The number of aromatic nitrogens is 1. The topological polar surface area (TPSA) is 117 Å². The van der Waals surface area contributed by atoms with Crippen LogP contribution in [0.5, 0.6) is 0 Å². The zero-order chi connectivity index (χ0) is 22.4. The van der Waals surface area contributed by atoms with Crippen LogP contribution in [0.4, 0.5) is 5.69 Å². The molecule has 164 valence electrons. The molecule has 0 unspecified atom stereocenters. The van der Waals surface area contributed by atoms with Crippen molar-refractivity contribution in [3.63, 3.8) is 0 Å². The van der Waals surface area contributed by atoms with Crippen LogP contribution < -0.4 is 15.5 Å². The summed E-state index contributed by atoms with van der Waals surface area (Å²) in [6, 6.07) is 11.3. The zero-order valence-corrected chi connectivity index (χ0v) is 18.2. The molecule has 0 spiro atoms. The number of carbonyl (C=O) groups is 1. The van der Waals surface area contributed by atoms with E-state index in [1.54, 1.807) is 19.2 Å². The first-order valence-electron chi connectivity index (χ1n) is 9.90. The summed E-state index contributed by atoms with van der Waals surface area (Å²) in [6.45, 7) is 2.86. The van der Waals surface area contributed by atoms with Crippen LogP contribution in [0, 0.1) is 0 Å². The van der Waals surface area contributed by atoms with Crippen molar-refractivity contribution in [3.8, 4) is 0 Å². The van der Waals surface area contributed by atoms with E-state index in [9.17, 15) is 18.0 Å². The maximum absolute atomic E-state index is 12.8. The number of amides is 1. The molecular weight excluding hydrogens is 418 g/mol. The van der Waals surface area contributed by atoms with Gasteiger partial charge in [-0.3, -0.25) is 14.3 Å². The van der Waals surface area contributed by atoms with E-state index < -0.39 is 21.4 Å². The number of pyridine rings is 1. The summed E-state index contributed by atoms with van der Waals surface area (Å²) in [6.07, 6.45) is 2.79. The van der Waals surface area contributed by atoms with Gasteiger partial charge in [0.25, 0.3) is 15.9 Å². The lowest BCUT2D eigenvalue weighted by molar-refractivity contribution is 0.0947. The molecule has 3 aromatic rings. The molecule has 3 N–H and O–H groups in total. The molecule has 1 amide bonds. The van der Waals surface area contributed by atoms with Crippen LogP contribution >= 0.6 is 0 Å². The number of fused-ring (bicyclic) bond motifs is 1. The Bertz CT molecular complexity index is 1230. The molecule has 0 saturated carbocycles. The van der Waals surface area contributed by atoms with Gasteiger partial charge < -0.3 is 15.0 Å². The normalized spacial score (nSPS) is 11.4. The second-order valence-corrected chi connectivity index (χ2v) is 8.68. The van der Waals surface area contributed by atoms with Crippen LogP contribution in [0.25, 0.3) is 10.9 Å². The molecule has 0 aliphatic carbocycles. The molecule has 2 aromatic carbocycles. The van der Waals surface area contributed by atoms with Crippen molar-refractivity contribution in [3.05, 3.63) is 70.0 Å². The zero-order valence-electron chi connectivity index (χ0n) is 17.4.